The Morgan fingerprint density at radius 3 is 2.12 bits per heavy atom. The van der Waals surface area contributed by atoms with Crippen LogP contribution < -0.4 is 0 Å². The molecular formula is C22H33NO2. The molecule has 138 valence electrons. The van der Waals surface area contributed by atoms with Crippen molar-refractivity contribution in [2.75, 3.05) is 0 Å². The summed E-state index contributed by atoms with van der Waals surface area (Å²) in [5, 5.41) is 0. The lowest BCUT2D eigenvalue weighted by atomic mass is 9.97. The fourth-order valence-corrected chi connectivity index (χ4v) is 2.60. The lowest BCUT2D eigenvalue weighted by Crippen LogP contribution is -2.43. The highest BCUT2D eigenvalue weighted by atomic mass is 16.6. The van der Waals surface area contributed by atoms with Crippen LogP contribution in [0.5, 0.6) is 0 Å². The van der Waals surface area contributed by atoms with Crippen molar-refractivity contribution in [3.8, 4) is 11.8 Å². The molecule has 0 fully saturated rings. The van der Waals surface area contributed by atoms with Gasteiger partial charge in [-0.1, -0.05) is 42.2 Å². The fraction of sp³-hybridized carbons (Fsp3) is 0.591. The summed E-state index contributed by atoms with van der Waals surface area (Å²) in [7, 11) is 0. The molecule has 1 aromatic rings. The van der Waals surface area contributed by atoms with Crippen LogP contribution in [0.1, 0.15) is 60.5 Å². The molecule has 0 bridgehead atoms. The van der Waals surface area contributed by atoms with Crippen molar-refractivity contribution in [2.24, 2.45) is 5.41 Å². The smallest absolute Gasteiger partial charge is 0.411 e. The molecular weight excluding hydrogens is 310 g/mol. The van der Waals surface area contributed by atoms with Gasteiger partial charge in [0.25, 0.3) is 0 Å². The summed E-state index contributed by atoms with van der Waals surface area (Å²) in [6.45, 7) is 14.2. The Labute approximate surface area is 153 Å². The van der Waals surface area contributed by atoms with Gasteiger partial charge in [-0.25, -0.2) is 4.79 Å². The topological polar surface area (TPSA) is 29.5 Å². The summed E-state index contributed by atoms with van der Waals surface area (Å²) in [6, 6.07) is 10.4. The molecule has 0 radical (unpaired) electrons. The predicted molar refractivity (Wildman–Crippen MR) is 104 cm³/mol. The number of hydrogen-bond acceptors (Lipinski definition) is 2. The second-order valence-electron chi connectivity index (χ2n) is 8.01. The lowest BCUT2D eigenvalue weighted by molar-refractivity contribution is 0.0605. The van der Waals surface area contributed by atoms with Gasteiger partial charge >= 0.3 is 6.09 Å². The maximum atomic E-state index is 12.6. The van der Waals surface area contributed by atoms with Crippen LogP contribution in [0, 0.1) is 17.3 Å². The molecule has 0 aromatic heterocycles. The zero-order valence-electron chi connectivity index (χ0n) is 16.8. The normalized spacial score (nSPS) is 12.5. The number of carbonyl (C=O) groups is 1. The number of ether oxygens (including phenoxy) is 1. The first kappa shape index (κ1) is 21.1. The average molecular weight is 344 g/mol. The number of carbonyl (C=O) groups excluding carboxylic acids is 1. The van der Waals surface area contributed by atoms with Crippen LogP contribution in [0.3, 0.4) is 0 Å². The molecule has 0 aliphatic rings. The number of aryl methyl sites for hydroxylation is 1. The number of nitrogens with zero attached hydrogens (tertiary/aromatic N) is 1. The zero-order chi connectivity index (χ0) is 19.0. The van der Waals surface area contributed by atoms with Gasteiger partial charge in [-0.05, 0) is 60.5 Å². The van der Waals surface area contributed by atoms with Crippen molar-refractivity contribution in [2.45, 2.75) is 79.5 Å². The molecule has 0 aliphatic heterocycles. The quantitative estimate of drug-likeness (QED) is 0.657. The maximum Gasteiger partial charge on any atom is 0.411 e. The molecule has 3 heteroatoms. The zero-order valence-corrected chi connectivity index (χ0v) is 16.8. The van der Waals surface area contributed by atoms with Crippen molar-refractivity contribution in [3.63, 3.8) is 0 Å². The molecule has 0 N–H and O–H groups in total. The molecule has 0 aliphatic carbocycles. The van der Waals surface area contributed by atoms with Gasteiger partial charge in [0.2, 0.25) is 0 Å². The van der Waals surface area contributed by atoms with Crippen LogP contribution in [-0.2, 0) is 11.2 Å². The first-order valence-electron chi connectivity index (χ1n) is 9.15. The number of rotatable bonds is 6. The predicted octanol–water partition coefficient (Wildman–Crippen LogP) is 5.29. The van der Waals surface area contributed by atoms with Gasteiger partial charge in [-0.15, -0.1) is 0 Å². The largest absolute Gasteiger partial charge is 0.433 e. The van der Waals surface area contributed by atoms with Crippen molar-refractivity contribution in [3.05, 3.63) is 35.9 Å². The van der Waals surface area contributed by atoms with Gasteiger partial charge in [0, 0.05) is 23.9 Å². The third kappa shape index (κ3) is 8.12. The molecule has 1 aromatic carbocycles. The summed E-state index contributed by atoms with van der Waals surface area (Å²) < 4.78 is 5.77. The molecule has 0 saturated heterocycles. The van der Waals surface area contributed by atoms with E-state index in [0.717, 1.165) is 6.42 Å². The number of amides is 1. The SMILES string of the molecule is CC(C)N(C(=O)OC(C#CC(C)(C)C)CCc1ccccc1)C(C)C. The van der Waals surface area contributed by atoms with E-state index in [2.05, 4.69) is 44.7 Å². The Balaban J connectivity index is 2.86. The Bertz CT molecular complexity index is 580. The van der Waals surface area contributed by atoms with Gasteiger partial charge < -0.3 is 9.64 Å². The molecule has 1 unspecified atom stereocenters. The van der Waals surface area contributed by atoms with Gasteiger partial charge in [0.05, 0.1) is 0 Å². The van der Waals surface area contributed by atoms with E-state index in [-0.39, 0.29) is 23.6 Å². The number of benzene rings is 1. The minimum Gasteiger partial charge on any atom is -0.433 e. The molecule has 1 amide bonds. The van der Waals surface area contributed by atoms with Crippen LogP contribution >= 0.6 is 0 Å². The Morgan fingerprint density at radius 1 is 1.08 bits per heavy atom. The molecule has 25 heavy (non-hydrogen) atoms. The van der Waals surface area contributed by atoms with Crippen LogP contribution in [0.15, 0.2) is 30.3 Å². The van der Waals surface area contributed by atoms with E-state index >= 15 is 0 Å². The summed E-state index contributed by atoms with van der Waals surface area (Å²) in [4.78, 5) is 14.4. The van der Waals surface area contributed by atoms with Crippen molar-refractivity contribution in [1.82, 2.24) is 4.90 Å². The van der Waals surface area contributed by atoms with Crippen LogP contribution in [0.25, 0.3) is 0 Å². The van der Waals surface area contributed by atoms with E-state index in [1.807, 2.05) is 45.9 Å². The molecule has 0 heterocycles. The van der Waals surface area contributed by atoms with Crippen molar-refractivity contribution in [1.29, 1.82) is 0 Å². The molecule has 0 spiro atoms. The lowest BCUT2D eigenvalue weighted by Gasteiger charge is -2.30. The first-order valence-corrected chi connectivity index (χ1v) is 9.15. The summed E-state index contributed by atoms with van der Waals surface area (Å²) >= 11 is 0. The first-order chi connectivity index (χ1) is 11.6. The highest BCUT2D eigenvalue weighted by molar-refractivity contribution is 5.68. The van der Waals surface area contributed by atoms with Crippen LogP contribution in [0.2, 0.25) is 0 Å². The minimum absolute atomic E-state index is 0.0952. The van der Waals surface area contributed by atoms with Gasteiger partial charge in [0.15, 0.2) is 6.10 Å². The third-order valence-corrected chi connectivity index (χ3v) is 3.71. The summed E-state index contributed by atoms with van der Waals surface area (Å²) in [5.41, 5.74) is 1.11. The van der Waals surface area contributed by atoms with E-state index < -0.39 is 6.10 Å². The second-order valence-corrected chi connectivity index (χ2v) is 8.01. The molecule has 0 saturated carbocycles. The van der Waals surface area contributed by atoms with Gasteiger partial charge in [-0.3, -0.25) is 0 Å². The fourth-order valence-electron chi connectivity index (χ4n) is 2.60. The highest BCUT2D eigenvalue weighted by Crippen LogP contribution is 2.15. The maximum absolute atomic E-state index is 12.6. The van der Waals surface area contributed by atoms with E-state index in [9.17, 15) is 4.79 Å². The molecule has 3 nitrogen and oxygen atoms in total. The Kier molecular flexibility index (Phi) is 8.03. The average Bonchev–Trinajstić information content (AvgIpc) is 2.49. The van der Waals surface area contributed by atoms with E-state index in [4.69, 9.17) is 4.74 Å². The third-order valence-electron chi connectivity index (χ3n) is 3.71. The van der Waals surface area contributed by atoms with Crippen molar-refractivity contribution >= 4 is 6.09 Å². The van der Waals surface area contributed by atoms with Crippen LogP contribution in [0.4, 0.5) is 4.79 Å². The number of hydrogen-bond donors (Lipinski definition) is 0. The van der Waals surface area contributed by atoms with E-state index in [1.54, 1.807) is 4.90 Å². The summed E-state index contributed by atoms with van der Waals surface area (Å²) in [5.74, 6) is 6.39. The summed E-state index contributed by atoms with van der Waals surface area (Å²) in [6.07, 6.45) is 0.849. The molecule has 1 atom stereocenters. The monoisotopic (exact) mass is 343 g/mol. The van der Waals surface area contributed by atoms with E-state index in [0.29, 0.717) is 6.42 Å². The van der Waals surface area contributed by atoms with Crippen molar-refractivity contribution < 1.29 is 9.53 Å². The Hall–Kier alpha value is -1.95. The van der Waals surface area contributed by atoms with E-state index in [1.165, 1.54) is 5.56 Å². The van der Waals surface area contributed by atoms with Gasteiger partial charge in [0.1, 0.15) is 0 Å². The van der Waals surface area contributed by atoms with Gasteiger partial charge in [-0.2, -0.15) is 0 Å². The van der Waals surface area contributed by atoms with Crippen LogP contribution in [-0.4, -0.2) is 29.2 Å². The minimum atomic E-state index is -0.396. The molecule has 1 rings (SSSR count). The highest BCUT2D eigenvalue weighted by Gasteiger charge is 2.24. The standard InChI is InChI=1S/C22H33NO2/c1-17(2)23(18(3)4)21(24)25-20(15-16-22(5,6)7)14-13-19-11-9-8-10-12-19/h8-12,17-18,20H,13-14H2,1-7H3. The second kappa shape index (κ2) is 9.51. The Morgan fingerprint density at radius 2 is 1.64 bits per heavy atom.